The second kappa shape index (κ2) is 10.7. The van der Waals surface area contributed by atoms with Crippen LogP contribution in [0, 0.1) is 0 Å². The molecule has 0 aliphatic rings. The summed E-state index contributed by atoms with van der Waals surface area (Å²) < 4.78 is 31.4. The van der Waals surface area contributed by atoms with Crippen molar-refractivity contribution in [2.45, 2.75) is 45.1 Å². The number of carbonyl (C=O) groups is 2. The first-order chi connectivity index (χ1) is 14.6. The molecule has 31 heavy (non-hydrogen) atoms. The summed E-state index contributed by atoms with van der Waals surface area (Å²) in [5.74, 6) is -0.795. The highest BCUT2D eigenvalue weighted by Crippen LogP contribution is 2.29. The number of rotatable bonds is 10. The van der Waals surface area contributed by atoms with Gasteiger partial charge >= 0.3 is 5.97 Å². The van der Waals surface area contributed by atoms with Gasteiger partial charge in [-0.25, -0.2) is 13.2 Å². The third-order valence-electron chi connectivity index (χ3n) is 4.59. The van der Waals surface area contributed by atoms with E-state index in [0.29, 0.717) is 16.3 Å². The van der Waals surface area contributed by atoms with Crippen molar-refractivity contribution in [2.75, 3.05) is 30.8 Å². The zero-order valence-electron chi connectivity index (χ0n) is 18.4. The van der Waals surface area contributed by atoms with Crippen LogP contribution in [-0.2, 0) is 26.0 Å². The van der Waals surface area contributed by atoms with Crippen LogP contribution in [0.4, 0.5) is 10.7 Å². The Morgan fingerprint density at radius 3 is 2.35 bits per heavy atom. The average molecular weight is 468 g/mol. The van der Waals surface area contributed by atoms with E-state index in [0.717, 1.165) is 11.3 Å². The molecule has 0 saturated heterocycles. The average Bonchev–Trinajstić information content (AvgIpc) is 3.15. The van der Waals surface area contributed by atoms with Gasteiger partial charge < -0.3 is 15.4 Å². The summed E-state index contributed by atoms with van der Waals surface area (Å²) in [5, 5.41) is 6.17. The van der Waals surface area contributed by atoms with Crippen LogP contribution in [0.5, 0.6) is 0 Å². The number of sulfonamides is 1. The summed E-state index contributed by atoms with van der Waals surface area (Å²) in [4.78, 5) is 25.7. The minimum absolute atomic E-state index is 0.0420. The molecule has 1 amide bonds. The van der Waals surface area contributed by atoms with Crippen LogP contribution < -0.4 is 10.6 Å². The van der Waals surface area contributed by atoms with Crippen LogP contribution in [0.3, 0.4) is 0 Å². The molecule has 2 rings (SSSR count). The maximum Gasteiger partial charge on any atom is 0.341 e. The van der Waals surface area contributed by atoms with E-state index in [-0.39, 0.29) is 30.0 Å². The molecule has 8 nitrogen and oxygen atoms in total. The van der Waals surface area contributed by atoms with E-state index in [2.05, 4.69) is 10.6 Å². The van der Waals surface area contributed by atoms with Crippen LogP contribution in [-0.4, -0.2) is 50.8 Å². The van der Waals surface area contributed by atoms with E-state index < -0.39 is 16.0 Å². The molecule has 0 bridgehead atoms. The zero-order chi connectivity index (χ0) is 23.2. The van der Waals surface area contributed by atoms with Gasteiger partial charge in [-0.05, 0) is 57.5 Å². The molecule has 0 radical (unpaired) electrons. The Morgan fingerprint density at radius 2 is 1.81 bits per heavy atom. The van der Waals surface area contributed by atoms with Gasteiger partial charge in [0.2, 0.25) is 15.9 Å². The van der Waals surface area contributed by atoms with E-state index in [1.807, 2.05) is 6.92 Å². The first-order valence-corrected chi connectivity index (χ1v) is 12.3. The van der Waals surface area contributed by atoms with Crippen molar-refractivity contribution in [1.82, 2.24) is 4.31 Å². The van der Waals surface area contributed by atoms with Crippen molar-refractivity contribution < 1.29 is 22.7 Å². The fraction of sp³-hybridized carbons (Fsp3) is 0.429. The van der Waals surface area contributed by atoms with Gasteiger partial charge in [-0.3, -0.25) is 4.79 Å². The summed E-state index contributed by atoms with van der Waals surface area (Å²) in [6.45, 7) is 7.51. The smallest absolute Gasteiger partial charge is 0.341 e. The topological polar surface area (TPSA) is 105 Å². The van der Waals surface area contributed by atoms with Crippen LogP contribution in [0.1, 0.15) is 42.9 Å². The largest absolute Gasteiger partial charge is 0.462 e. The normalized spacial score (nSPS) is 11.6. The Morgan fingerprint density at radius 1 is 1.16 bits per heavy atom. The molecule has 0 fully saturated rings. The summed E-state index contributed by atoms with van der Waals surface area (Å²) in [5.41, 5.74) is 0.952. The van der Waals surface area contributed by atoms with Gasteiger partial charge in [-0.15, -0.1) is 11.3 Å². The molecule has 10 heteroatoms. The maximum atomic E-state index is 12.5. The second-order valence-corrected chi connectivity index (χ2v) is 10.2. The first-order valence-electron chi connectivity index (χ1n) is 10.0. The van der Waals surface area contributed by atoms with E-state index in [9.17, 15) is 18.0 Å². The molecule has 1 heterocycles. The van der Waals surface area contributed by atoms with Crippen molar-refractivity contribution in [3.05, 3.63) is 40.8 Å². The van der Waals surface area contributed by atoms with E-state index >= 15 is 0 Å². The van der Waals surface area contributed by atoms with Gasteiger partial charge in [0.25, 0.3) is 0 Å². The van der Waals surface area contributed by atoms with E-state index in [4.69, 9.17) is 4.74 Å². The lowest BCUT2D eigenvalue weighted by Crippen LogP contribution is -2.33. The maximum absolute atomic E-state index is 12.5. The van der Waals surface area contributed by atoms with Crippen LogP contribution in [0.25, 0.3) is 0 Å². The highest BCUT2D eigenvalue weighted by atomic mass is 32.2. The molecule has 1 aromatic heterocycles. The molecule has 0 atom stereocenters. The van der Waals surface area contributed by atoms with Crippen LogP contribution in [0.2, 0.25) is 0 Å². The predicted molar refractivity (Wildman–Crippen MR) is 123 cm³/mol. The summed E-state index contributed by atoms with van der Waals surface area (Å²) >= 11 is 1.34. The van der Waals surface area contributed by atoms with Gasteiger partial charge in [-0.2, -0.15) is 4.31 Å². The fourth-order valence-electron chi connectivity index (χ4n) is 2.61. The number of esters is 1. The van der Waals surface area contributed by atoms with Gasteiger partial charge in [0.15, 0.2) is 0 Å². The molecule has 2 aromatic rings. The number of anilines is 2. The summed E-state index contributed by atoms with van der Waals surface area (Å²) in [6.07, 6.45) is 0.743. The molecule has 2 N–H and O–H groups in total. The molecule has 0 unspecified atom stereocenters. The zero-order valence-corrected chi connectivity index (χ0v) is 20.0. The lowest BCUT2D eigenvalue weighted by Gasteiger charge is -2.21. The van der Waals surface area contributed by atoms with Crippen molar-refractivity contribution in [3.8, 4) is 0 Å². The van der Waals surface area contributed by atoms with Crippen molar-refractivity contribution in [1.29, 1.82) is 0 Å². The number of carbonyl (C=O) groups excluding carboxylic acids is 2. The number of amides is 1. The molecule has 0 spiro atoms. The molecule has 0 saturated carbocycles. The van der Waals surface area contributed by atoms with Crippen molar-refractivity contribution >= 4 is 43.9 Å². The Labute approximate surface area is 187 Å². The number of nitrogens with zero attached hydrogens (tertiary/aromatic N) is 1. The van der Waals surface area contributed by atoms with Gasteiger partial charge in [0.1, 0.15) is 5.00 Å². The molecule has 0 aliphatic carbocycles. The van der Waals surface area contributed by atoms with Crippen molar-refractivity contribution in [3.63, 3.8) is 0 Å². The molecular weight excluding hydrogens is 438 g/mol. The first kappa shape index (κ1) is 24.8. The fourth-order valence-corrected chi connectivity index (χ4v) is 4.98. The molecule has 170 valence electrons. The number of hydrogen-bond acceptors (Lipinski definition) is 7. The van der Waals surface area contributed by atoms with Gasteiger partial charge in [0, 0.05) is 23.7 Å². The number of nitrogens with one attached hydrogen (secondary N) is 2. The van der Waals surface area contributed by atoms with Gasteiger partial charge in [0.05, 0.1) is 23.6 Å². The van der Waals surface area contributed by atoms with Crippen LogP contribution >= 0.6 is 11.3 Å². The quantitative estimate of drug-likeness (QED) is 0.518. The lowest BCUT2D eigenvalue weighted by atomic mass is 10.2. The van der Waals surface area contributed by atoms with E-state index in [1.54, 1.807) is 39.0 Å². The second-order valence-electron chi connectivity index (χ2n) is 7.07. The minimum Gasteiger partial charge on any atom is -0.462 e. The SMILES string of the molecule is CCOC(=O)c1cc(CC)sc1NC(=O)CNc1ccc(S(=O)(=O)N(C)C(C)C)cc1. The highest BCUT2D eigenvalue weighted by Gasteiger charge is 2.23. The summed E-state index contributed by atoms with van der Waals surface area (Å²) in [6, 6.07) is 7.80. The van der Waals surface area contributed by atoms with Crippen LogP contribution in [0.15, 0.2) is 35.2 Å². The predicted octanol–water partition coefficient (Wildman–Crippen LogP) is 3.57. The number of ether oxygens (including phenoxy) is 1. The number of benzene rings is 1. The number of thiophene rings is 1. The third-order valence-corrected chi connectivity index (χ3v) is 7.83. The standard InChI is InChI=1S/C21H29N3O5S2/c1-6-16-12-18(21(26)29-7-2)20(30-16)23-19(25)13-22-15-8-10-17(11-9-15)31(27,28)24(5)14(3)4/h8-12,14,22H,6-7,13H2,1-5H3,(H,23,25). The van der Waals surface area contributed by atoms with Gasteiger partial charge in [-0.1, -0.05) is 6.92 Å². The minimum atomic E-state index is -3.56. The molecular formula is C21H29N3O5S2. The van der Waals surface area contributed by atoms with E-state index in [1.165, 1.54) is 34.8 Å². The Hall–Kier alpha value is -2.43. The Kier molecular flexibility index (Phi) is 8.60. The lowest BCUT2D eigenvalue weighted by molar-refractivity contribution is -0.114. The number of hydrogen-bond donors (Lipinski definition) is 2. The number of aryl methyl sites for hydroxylation is 1. The summed E-state index contributed by atoms with van der Waals surface area (Å²) in [7, 11) is -2.02. The monoisotopic (exact) mass is 467 g/mol. The Bertz CT molecular complexity index is 1010. The molecule has 1 aromatic carbocycles. The Balaban J connectivity index is 2.02. The third kappa shape index (κ3) is 6.28. The van der Waals surface area contributed by atoms with Crippen molar-refractivity contribution in [2.24, 2.45) is 0 Å². The molecule has 0 aliphatic heterocycles. The highest BCUT2D eigenvalue weighted by molar-refractivity contribution is 7.89.